The van der Waals surface area contributed by atoms with Gasteiger partial charge in [0, 0.05) is 23.2 Å². The number of ether oxygens (including phenoxy) is 1. The molecule has 0 bridgehead atoms. The van der Waals surface area contributed by atoms with Gasteiger partial charge in [-0.05, 0) is 87.4 Å². The van der Waals surface area contributed by atoms with Gasteiger partial charge in [-0.3, -0.25) is 10.1 Å². The summed E-state index contributed by atoms with van der Waals surface area (Å²) in [5.41, 5.74) is 0.282. The molecule has 0 spiro atoms. The lowest BCUT2D eigenvalue weighted by Gasteiger charge is -2.19. The van der Waals surface area contributed by atoms with E-state index >= 15 is 8.78 Å². The standard InChI is InChI=1S/C34H29F3N4O7/c1-17-5-6-19(15-23(17)35)25-13-14-26(46-25)30(42)39-24(32(43)44)16-20-9-12-22(28(37)27(20)36)29-40-31(48-41-29)18-7-10-21(11-8-18)38-33(45)47-34(2,3)4/h5-15,24H,16H2,1-4H3,(H,38,45)(H,39,42)(H,43,44). The van der Waals surface area contributed by atoms with Crippen molar-refractivity contribution in [3.05, 3.63) is 101 Å². The summed E-state index contributed by atoms with van der Waals surface area (Å²) in [6.07, 6.45) is -1.25. The van der Waals surface area contributed by atoms with Crippen LogP contribution in [0, 0.1) is 24.4 Å². The van der Waals surface area contributed by atoms with Crippen LogP contribution < -0.4 is 10.6 Å². The van der Waals surface area contributed by atoms with E-state index in [-0.39, 0.29) is 34.4 Å². The number of furan rings is 1. The fourth-order valence-electron chi connectivity index (χ4n) is 4.50. The van der Waals surface area contributed by atoms with Crippen LogP contribution in [0.15, 0.2) is 75.7 Å². The number of carbonyl (C=O) groups excluding carboxylic acids is 2. The van der Waals surface area contributed by atoms with E-state index in [0.29, 0.717) is 22.4 Å². The van der Waals surface area contributed by atoms with Gasteiger partial charge in [-0.25, -0.2) is 22.8 Å². The molecule has 1 atom stereocenters. The highest BCUT2D eigenvalue weighted by Gasteiger charge is 2.27. The van der Waals surface area contributed by atoms with E-state index in [2.05, 4.69) is 20.8 Å². The number of nitrogens with zero attached hydrogens (tertiary/aromatic N) is 2. The maximum Gasteiger partial charge on any atom is 0.412 e. The molecule has 2 heterocycles. The summed E-state index contributed by atoms with van der Waals surface area (Å²) in [5, 5.41) is 18.3. The van der Waals surface area contributed by atoms with Crippen LogP contribution in [0.2, 0.25) is 0 Å². The molecule has 0 aliphatic rings. The van der Waals surface area contributed by atoms with Crippen LogP contribution in [0.1, 0.15) is 42.5 Å². The van der Waals surface area contributed by atoms with Crippen molar-refractivity contribution < 1.29 is 46.3 Å². The van der Waals surface area contributed by atoms with Crippen molar-refractivity contribution in [2.45, 2.75) is 45.8 Å². The second-order valence-corrected chi connectivity index (χ2v) is 11.7. The second kappa shape index (κ2) is 13.4. The number of halogens is 3. The average Bonchev–Trinajstić information content (AvgIpc) is 3.71. The molecule has 248 valence electrons. The van der Waals surface area contributed by atoms with Gasteiger partial charge in [-0.2, -0.15) is 4.98 Å². The maximum absolute atomic E-state index is 15.2. The summed E-state index contributed by atoms with van der Waals surface area (Å²) in [6.45, 7) is 6.78. The molecule has 48 heavy (non-hydrogen) atoms. The number of hydrogen-bond donors (Lipinski definition) is 3. The van der Waals surface area contributed by atoms with Crippen molar-refractivity contribution in [1.29, 1.82) is 0 Å². The van der Waals surface area contributed by atoms with Crippen molar-refractivity contribution >= 4 is 23.7 Å². The van der Waals surface area contributed by atoms with Crippen molar-refractivity contribution in [2.75, 3.05) is 5.32 Å². The van der Waals surface area contributed by atoms with Crippen LogP contribution in [-0.2, 0) is 16.0 Å². The highest BCUT2D eigenvalue weighted by Crippen LogP contribution is 2.29. The molecule has 5 rings (SSSR count). The Morgan fingerprint density at radius 2 is 1.65 bits per heavy atom. The van der Waals surface area contributed by atoms with Gasteiger partial charge in [0.25, 0.3) is 11.8 Å². The minimum absolute atomic E-state index is 0.0139. The van der Waals surface area contributed by atoms with Crippen molar-refractivity contribution in [1.82, 2.24) is 15.5 Å². The highest BCUT2D eigenvalue weighted by molar-refractivity contribution is 5.95. The minimum atomic E-state index is -1.66. The molecule has 0 saturated heterocycles. The first-order valence-corrected chi connectivity index (χ1v) is 14.5. The summed E-state index contributed by atoms with van der Waals surface area (Å²) >= 11 is 0. The Morgan fingerprint density at radius 3 is 2.31 bits per heavy atom. The fraction of sp³-hybridized carbons (Fsp3) is 0.206. The molecule has 5 aromatic rings. The molecule has 0 saturated carbocycles. The number of aromatic nitrogens is 2. The molecule has 14 heteroatoms. The number of carboxylic acid groups (broad SMARTS) is 1. The number of benzene rings is 3. The third-order valence-corrected chi connectivity index (χ3v) is 6.92. The summed E-state index contributed by atoms with van der Waals surface area (Å²) < 4.78 is 60.3. The summed E-state index contributed by atoms with van der Waals surface area (Å²) in [5.74, 6) is -5.99. The number of rotatable bonds is 9. The van der Waals surface area contributed by atoms with Crippen molar-refractivity contribution in [3.8, 4) is 34.2 Å². The lowest BCUT2D eigenvalue weighted by Crippen LogP contribution is -2.42. The zero-order chi connectivity index (χ0) is 34.7. The molecule has 0 aliphatic carbocycles. The molecule has 11 nitrogen and oxygen atoms in total. The van der Waals surface area contributed by atoms with Crippen LogP contribution in [0.25, 0.3) is 34.2 Å². The number of carboxylic acids is 1. The van der Waals surface area contributed by atoms with E-state index in [9.17, 15) is 23.9 Å². The van der Waals surface area contributed by atoms with Gasteiger partial charge in [0.1, 0.15) is 23.2 Å². The Balaban J connectivity index is 1.27. The van der Waals surface area contributed by atoms with Gasteiger partial charge in [-0.15, -0.1) is 0 Å². The second-order valence-electron chi connectivity index (χ2n) is 11.7. The lowest BCUT2D eigenvalue weighted by molar-refractivity contribution is -0.139. The average molecular weight is 663 g/mol. The van der Waals surface area contributed by atoms with Gasteiger partial charge in [0.2, 0.25) is 5.82 Å². The number of carbonyl (C=O) groups is 3. The highest BCUT2D eigenvalue weighted by atomic mass is 19.2. The topological polar surface area (TPSA) is 157 Å². The molecule has 2 amide bonds. The first-order chi connectivity index (χ1) is 22.7. The molecular weight excluding hydrogens is 633 g/mol. The van der Waals surface area contributed by atoms with Gasteiger partial charge in [0.15, 0.2) is 17.4 Å². The molecule has 0 aliphatic heterocycles. The monoisotopic (exact) mass is 662 g/mol. The van der Waals surface area contributed by atoms with Crippen LogP contribution >= 0.6 is 0 Å². The number of aryl methyl sites for hydroxylation is 1. The summed E-state index contributed by atoms with van der Waals surface area (Å²) in [7, 11) is 0. The predicted octanol–water partition coefficient (Wildman–Crippen LogP) is 7.16. The van der Waals surface area contributed by atoms with Crippen molar-refractivity contribution in [3.63, 3.8) is 0 Å². The van der Waals surface area contributed by atoms with Gasteiger partial charge < -0.3 is 24.1 Å². The molecular formula is C34H29F3N4O7. The zero-order valence-corrected chi connectivity index (χ0v) is 26.1. The van der Waals surface area contributed by atoms with Crippen LogP contribution in [0.4, 0.5) is 23.7 Å². The lowest BCUT2D eigenvalue weighted by atomic mass is 10.0. The van der Waals surface area contributed by atoms with Crippen LogP contribution in [0.5, 0.6) is 0 Å². The number of amides is 2. The first kappa shape index (κ1) is 33.4. The Morgan fingerprint density at radius 1 is 0.938 bits per heavy atom. The van der Waals surface area contributed by atoms with Crippen molar-refractivity contribution in [2.24, 2.45) is 0 Å². The molecule has 3 N–H and O–H groups in total. The molecule has 0 radical (unpaired) electrons. The molecule has 2 aromatic heterocycles. The van der Waals surface area contributed by atoms with Crippen LogP contribution in [-0.4, -0.2) is 44.9 Å². The van der Waals surface area contributed by atoms with E-state index in [1.54, 1.807) is 58.0 Å². The molecule has 1 unspecified atom stereocenters. The quantitative estimate of drug-likeness (QED) is 0.149. The Labute approximate surface area is 271 Å². The third-order valence-electron chi connectivity index (χ3n) is 6.92. The number of nitrogens with one attached hydrogen (secondary N) is 2. The smallest absolute Gasteiger partial charge is 0.412 e. The van der Waals surface area contributed by atoms with E-state index < -0.39 is 53.5 Å². The number of anilines is 1. The van der Waals surface area contributed by atoms with E-state index in [0.717, 1.165) is 12.1 Å². The largest absolute Gasteiger partial charge is 0.480 e. The van der Waals surface area contributed by atoms with Gasteiger partial charge >= 0.3 is 12.1 Å². The predicted molar refractivity (Wildman–Crippen MR) is 166 cm³/mol. The number of aliphatic carboxylic acids is 1. The van der Waals surface area contributed by atoms with Gasteiger partial charge in [0.05, 0.1) is 5.56 Å². The van der Waals surface area contributed by atoms with E-state index in [1.165, 1.54) is 24.3 Å². The van der Waals surface area contributed by atoms with Gasteiger partial charge in [-0.1, -0.05) is 23.4 Å². The normalized spacial score (nSPS) is 12.0. The Kier molecular flexibility index (Phi) is 9.36. The fourth-order valence-corrected chi connectivity index (χ4v) is 4.50. The molecule has 0 fully saturated rings. The summed E-state index contributed by atoms with van der Waals surface area (Å²) in [4.78, 5) is 40.9. The Hall–Kier alpha value is -5.92. The van der Waals surface area contributed by atoms with E-state index in [1.807, 2.05) is 0 Å². The third kappa shape index (κ3) is 7.71. The Bertz CT molecular complexity index is 2000. The number of hydrogen-bond acceptors (Lipinski definition) is 8. The van der Waals surface area contributed by atoms with E-state index in [4.69, 9.17) is 13.7 Å². The summed E-state index contributed by atoms with van der Waals surface area (Å²) in [6, 6.07) is 14.0. The maximum atomic E-state index is 15.2. The SMILES string of the molecule is Cc1ccc(-c2ccc(C(=O)NC(Cc3ccc(-c4noc(-c5ccc(NC(=O)OC(C)(C)C)cc5)n4)c(F)c3F)C(=O)O)o2)cc1F. The molecule has 3 aromatic carbocycles. The zero-order valence-electron chi connectivity index (χ0n) is 26.1. The first-order valence-electron chi connectivity index (χ1n) is 14.5. The minimum Gasteiger partial charge on any atom is -0.480 e. The van der Waals surface area contributed by atoms with Crippen LogP contribution in [0.3, 0.4) is 0 Å².